The molecule has 0 aromatic carbocycles. The molecule has 5 heteroatoms. The lowest BCUT2D eigenvalue weighted by molar-refractivity contribution is -0.131. The molecule has 1 saturated heterocycles. The largest absolute Gasteiger partial charge is 0.357 e. The van der Waals surface area contributed by atoms with Crippen LogP contribution >= 0.6 is 0 Å². The van der Waals surface area contributed by atoms with Crippen molar-refractivity contribution in [2.24, 2.45) is 5.92 Å². The van der Waals surface area contributed by atoms with Crippen LogP contribution in [0.15, 0.2) is 0 Å². The molecule has 0 saturated carbocycles. The summed E-state index contributed by atoms with van der Waals surface area (Å²) in [6.07, 6.45) is 1.90. The molecule has 1 aliphatic rings. The first-order chi connectivity index (χ1) is 7.54. The van der Waals surface area contributed by atoms with Gasteiger partial charge in [-0.25, -0.2) is 0 Å². The molecule has 0 aliphatic carbocycles. The van der Waals surface area contributed by atoms with E-state index in [1.165, 1.54) is 0 Å². The van der Waals surface area contributed by atoms with E-state index in [2.05, 4.69) is 22.9 Å². The molecule has 0 radical (unpaired) electrons. The standard InChI is InChI=1S/C11H21N3O2/c1-7-4-5-9(6-13-7)11(16)14-8(2)10(15)12-3/h7-9,13H,4-6H2,1-3H3,(H,12,15)(H,14,16). The second-order valence-corrected chi connectivity index (χ2v) is 4.43. The second-order valence-electron chi connectivity index (χ2n) is 4.43. The van der Waals surface area contributed by atoms with E-state index in [-0.39, 0.29) is 17.7 Å². The second kappa shape index (κ2) is 5.84. The monoisotopic (exact) mass is 227 g/mol. The first kappa shape index (κ1) is 13.0. The third-order valence-corrected chi connectivity index (χ3v) is 3.03. The zero-order valence-corrected chi connectivity index (χ0v) is 10.2. The third-order valence-electron chi connectivity index (χ3n) is 3.03. The predicted octanol–water partition coefficient (Wildman–Crippen LogP) is -0.375. The molecule has 3 N–H and O–H groups in total. The molecule has 0 bridgehead atoms. The summed E-state index contributed by atoms with van der Waals surface area (Å²) in [6, 6.07) is 0.0252. The molecule has 0 aromatic heterocycles. The van der Waals surface area contributed by atoms with Crippen LogP contribution in [0.3, 0.4) is 0 Å². The Labute approximate surface area is 96.4 Å². The minimum Gasteiger partial charge on any atom is -0.357 e. The Hall–Kier alpha value is -1.10. The Kier molecular flexibility index (Phi) is 4.73. The van der Waals surface area contributed by atoms with E-state index in [1.54, 1.807) is 14.0 Å². The van der Waals surface area contributed by atoms with Crippen LogP contribution in [0.2, 0.25) is 0 Å². The molecule has 2 amide bonds. The van der Waals surface area contributed by atoms with E-state index in [0.29, 0.717) is 12.6 Å². The summed E-state index contributed by atoms with van der Waals surface area (Å²) in [5, 5.41) is 8.50. The van der Waals surface area contributed by atoms with Crippen LogP contribution in [0.5, 0.6) is 0 Å². The minimum absolute atomic E-state index is 0.0108. The molecule has 3 atom stereocenters. The van der Waals surface area contributed by atoms with Gasteiger partial charge >= 0.3 is 0 Å². The van der Waals surface area contributed by atoms with Crippen LogP contribution < -0.4 is 16.0 Å². The molecule has 16 heavy (non-hydrogen) atoms. The predicted molar refractivity (Wildman–Crippen MR) is 61.9 cm³/mol. The van der Waals surface area contributed by atoms with Crippen LogP contribution in [0.1, 0.15) is 26.7 Å². The molecule has 0 aromatic rings. The molecule has 1 aliphatic heterocycles. The molecule has 0 spiro atoms. The van der Waals surface area contributed by atoms with Gasteiger partial charge in [-0.15, -0.1) is 0 Å². The van der Waals surface area contributed by atoms with Gasteiger partial charge in [-0.05, 0) is 26.7 Å². The maximum atomic E-state index is 11.8. The molecule has 1 heterocycles. The van der Waals surface area contributed by atoms with Crippen LogP contribution in [0.25, 0.3) is 0 Å². The number of hydrogen-bond donors (Lipinski definition) is 3. The highest BCUT2D eigenvalue weighted by molar-refractivity contribution is 5.88. The van der Waals surface area contributed by atoms with Crippen molar-refractivity contribution in [1.29, 1.82) is 0 Å². The molecule has 5 nitrogen and oxygen atoms in total. The first-order valence-electron chi connectivity index (χ1n) is 5.80. The number of carbonyl (C=O) groups excluding carboxylic acids is 2. The molecule has 3 unspecified atom stereocenters. The lowest BCUT2D eigenvalue weighted by Crippen LogP contribution is -2.49. The summed E-state index contributed by atoms with van der Waals surface area (Å²) in [4.78, 5) is 23.0. The van der Waals surface area contributed by atoms with Gasteiger partial charge in [-0.1, -0.05) is 0 Å². The van der Waals surface area contributed by atoms with E-state index in [0.717, 1.165) is 12.8 Å². The van der Waals surface area contributed by atoms with Gasteiger partial charge in [0.25, 0.3) is 0 Å². The number of nitrogens with one attached hydrogen (secondary N) is 3. The van der Waals surface area contributed by atoms with Gasteiger partial charge < -0.3 is 16.0 Å². The van der Waals surface area contributed by atoms with E-state index in [1.807, 2.05) is 0 Å². The Balaban J connectivity index is 2.37. The average molecular weight is 227 g/mol. The highest BCUT2D eigenvalue weighted by Crippen LogP contribution is 2.14. The summed E-state index contributed by atoms with van der Waals surface area (Å²) < 4.78 is 0. The van der Waals surface area contributed by atoms with Crippen LogP contribution in [-0.2, 0) is 9.59 Å². The average Bonchev–Trinajstić information content (AvgIpc) is 2.28. The first-order valence-corrected chi connectivity index (χ1v) is 5.80. The highest BCUT2D eigenvalue weighted by atomic mass is 16.2. The van der Waals surface area contributed by atoms with Gasteiger partial charge in [0.15, 0.2) is 0 Å². The zero-order chi connectivity index (χ0) is 12.1. The fourth-order valence-electron chi connectivity index (χ4n) is 1.84. The fourth-order valence-corrected chi connectivity index (χ4v) is 1.84. The van der Waals surface area contributed by atoms with E-state index < -0.39 is 6.04 Å². The van der Waals surface area contributed by atoms with E-state index >= 15 is 0 Å². The molecule has 1 rings (SSSR count). The smallest absolute Gasteiger partial charge is 0.242 e. The number of rotatable bonds is 3. The molecular formula is C11H21N3O2. The zero-order valence-electron chi connectivity index (χ0n) is 10.2. The maximum absolute atomic E-state index is 11.8. The topological polar surface area (TPSA) is 70.2 Å². The Morgan fingerprint density at radius 1 is 1.38 bits per heavy atom. The van der Waals surface area contributed by atoms with Crippen molar-refractivity contribution < 1.29 is 9.59 Å². The van der Waals surface area contributed by atoms with Crippen molar-refractivity contribution in [1.82, 2.24) is 16.0 Å². The third kappa shape index (κ3) is 3.48. The Bertz CT molecular complexity index is 260. The van der Waals surface area contributed by atoms with Crippen molar-refractivity contribution in [2.75, 3.05) is 13.6 Å². The molecule has 1 fully saturated rings. The summed E-state index contributed by atoms with van der Waals surface area (Å²) in [6.45, 7) is 4.50. The fraction of sp³-hybridized carbons (Fsp3) is 0.818. The SMILES string of the molecule is CNC(=O)C(C)NC(=O)C1CCC(C)NC1. The van der Waals surface area contributed by atoms with Gasteiger partial charge in [-0.3, -0.25) is 9.59 Å². The quantitative estimate of drug-likeness (QED) is 0.616. The lowest BCUT2D eigenvalue weighted by Gasteiger charge is -2.27. The summed E-state index contributed by atoms with van der Waals surface area (Å²) >= 11 is 0. The van der Waals surface area contributed by atoms with Crippen LogP contribution in [-0.4, -0.2) is 37.5 Å². The van der Waals surface area contributed by atoms with Crippen molar-refractivity contribution in [3.05, 3.63) is 0 Å². The highest BCUT2D eigenvalue weighted by Gasteiger charge is 2.25. The van der Waals surface area contributed by atoms with Gasteiger partial charge in [0.1, 0.15) is 6.04 Å². The van der Waals surface area contributed by atoms with Crippen molar-refractivity contribution in [3.63, 3.8) is 0 Å². The van der Waals surface area contributed by atoms with Crippen LogP contribution in [0.4, 0.5) is 0 Å². The van der Waals surface area contributed by atoms with Gasteiger partial charge in [0, 0.05) is 19.6 Å². The summed E-state index contributed by atoms with van der Waals surface area (Å²) in [7, 11) is 1.56. The molecule has 92 valence electrons. The number of likely N-dealkylation sites (N-methyl/N-ethyl adjacent to an activating group) is 1. The maximum Gasteiger partial charge on any atom is 0.242 e. The molecular weight excluding hydrogens is 206 g/mol. The van der Waals surface area contributed by atoms with E-state index in [9.17, 15) is 9.59 Å². The normalized spacial score (nSPS) is 26.9. The van der Waals surface area contributed by atoms with Crippen molar-refractivity contribution in [3.8, 4) is 0 Å². The Morgan fingerprint density at radius 2 is 2.06 bits per heavy atom. The van der Waals surface area contributed by atoms with Gasteiger partial charge in [0.05, 0.1) is 5.92 Å². The number of hydrogen-bond acceptors (Lipinski definition) is 3. The summed E-state index contributed by atoms with van der Waals surface area (Å²) in [5.74, 6) is -0.204. The Morgan fingerprint density at radius 3 is 2.56 bits per heavy atom. The number of amides is 2. The van der Waals surface area contributed by atoms with Crippen molar-refractivity contribution >= 4 is 11.8 Å². The summed E-state index contributed by atoms with van der Waals surface area (Å²) in [5.41, 5.74) is 0. The minimum atomic E-state index is -0.461. The van der Waals surface area contributed by atoms with Crippen molar-refractivity contribution in [2.45, 2.75) is 38.8 Å². The van der Waals surface area contributed by atoms with Gasteiger partial charge in [-0.2, -0.15) is 0 Å². The number of piperidine rings is 1. The van der Waals surface area contributed by atoms with E-state index in [4.69, 9.17) is 0 Å². The lowest BCUT2D eigenvalue weighted by atomic mass is 9.94. The number of carbonyl (C=O) groups is 2. The van der Waals surface area contributed by atoms with Crippen LogP contribution in [0, 0.1) is 5.92 Å². The van der Waals surface area contributed by atoms with Gasteiger partial charge in [0.2, 0.25) is 11.8 Å².